The van der Waals surface area contributed by atoms with Gasteiger partial charge in [-0.3, -0.25) is 19.1 Å². The largest absolute Gasteiger partial charge is 0.487 e. The van der Waals surface area contributed by atoms with Crippen LogP contribution in [0.15, 0.2) is 12.1 Å². The number of aromatic nitrogens is 3. The van der Waals surface area contributed by atoms with Gasteiger partial charge in [0.15, 0.2) is 0 Å². The lowest BCUT2D eigenvalue weighted by Gasteiger charge is -2.45. The second-order valence-corrected chi connectivity index (χ2v) is 14.8. The van der Waals surface area contributed by atoms with E-state index in [9.17, 15) is 14.4 Å². The molecule has 2 aliphatic heterocycles. The Morgan fingerprint density at radius 2 is 1.96 bits per heavy atom. The molecule has 1 N–H and O–H groups in total. The van der Waals surface area contributed by atoms with Gasteiger partial charge in [0.1, 0.15) is 18.1 Å². The van der Waals surface area contributed by atoms with Gasteiger partial charge < -0.3 is 19.9 Å². The third-order valence-corrected chi connectivity index (χ3v) is 11.8. The number of hydrogen-bond donors (Lipinski definition) is 1. The lowest BCUT2D eigenvalue weighted by Crippen LogP contribution is -2.53. The van der Waals surface area contributed by atoms with Crippen LogP contribution in [0.1, 0.15) is 106 Å². The molecule has 7 rings (SSSR count). The van der Waals surface area contributed by atoms with Gasteiger partial charge in [-0.05, 0) is 81.4 Å². The Hall–Kier alpha value is -3.14. The van der Waals surface area contributed by atoms with E-state index >= 15 is 0 Å². The van der Waals surface area contributed by atoms with Gasteiger partial charge in [0, 0.05) is 56.7 Å². The van der Waals surface area contributed by atoms with Crippen molar-refractivity contribution in [3.63, 3.8) is 0 Å². The van der Waals surface area contributed by atoms with Crippen molar-refractivity contribution >= 4 is 29.3 Å². The van der Waals surface area contributed by atoms with Crippen LogP contribution in [0.5, 0.6) is 5.75 Å². The van der Waals surface area contributed by atoms with Gasteiger partial charge in [0.2, 0.25) is 17.7 Å². The molecule has 3 saturated carbocycles. The maximum Gasteiger partial charge on any atom is 0.227 e. The van der Waals surface area contributed by atoms with Gasteiger partial charge in [0.25, 0.3) is 0 Å². The molecule has 45 heavy (non-hydrogen) atoms. The Labute approximate surface area is 270 Å². The van der Waals surface area contributed by atoms with Crippen LogP contribution in [0.25, 0.3) is 0 Å². The highest BCUT2D eigenvalue weighted by Gasteiger charge is 2.52. The summed E-state index contributed by atoms with van der Waals surface area (Å²) < 4.78 is 8.41. The standard InChI is InChI=1S/C34H45ClN6O4/c1-33(32(44)36-2)13-5-4-6-23(33)31(43)41-17-11-22-24(35)9-10-27(45-19-25-30(21-7-8-21)39(3)38-37-25)29(22)26(41)12-16-40-20-34(14-15-34)18-28(40)42/h9-10,21,23,26H,4-8,11-20H2,1-3H3,(H,36,44)/t23-,26+,33-/m0/s1. The highest BCUT2D eigenvalue weighted by atomic mass is 35.5. The van der Waals surface area contributed by atoms with Crippen molar-refractivity contribution in [3.05, 3.63) is 39.7 Å². The number of amides is 3. The Morgan fingerprint density at radius 3 is 2.67 bits per heavy atom. The van der Waals surface area contributed by atoms with E-state index in [-0.39, 0.29) is 35.8 Å². The third kappa shape index (κ3) is 5.51. The summed E-state index contributed by atoms with van der Waals surface area (Å²) in [6.07, 6.45) is 9.53. The molecule has 3 aliphatic carbocycles. The van der Waals surface area contributed by atoms with Crippen molar-refractivity contribution in [2.24, 2.45) is 23.8 Å². The Balaban J connectivity index is 1.22. The number of fused-ring (bicyclic) bond motifs is 1. The number of carbonyl (C=O) groups excluding carboxylic acids is 3. The van der Waals surface area contributed by atoms with E-state index < -0.39 is 11.3 Å². The van der Waals surface area contributed by atoms with E-state index in [0.29, 0.717) is 61.9 Å². The first-order valence-electron chi connectivity index (χ1n) is 16.8. The van der Waals surface area contributed by atoms with E-state index in [2.05, 4.69) is 15.6 Å². The van der Waals surface area contributed by atoms with Gasteiger partial charge in [-0.1, -0.05) is 29.7 Å². The van der Waals surface area contributed by atoms with Crippen LogP contribution < -0.4 is 10.1 Å². The molecule has 0 bridgehead atoms. The van der Waals surface area contributed by atoms with E-state index in [1.807, 2.05) is 40.6 Å². The number of rotatable bonds is 9. The quantitative estimate of drug-likeness (QED) is 0.428. The Kier molecular flexibility index (Phi) is 7.85. The summed E-state index contributed by atoms with van der Waals surface area (Å²) in [5.41, 5.74) is 3.28. The van der Waals surface area contributed by atoms with Crippen molar-refractivity contribution in [1.29, 1.82) is 0 Å². The van der Waals surface area contributed by atoms with Crippen LogP contribution in [0, 0.1) is 16.7 Å². The van der Waals surface area contributed by atoms with Crippen molar-refractivity contribution in [1.82, 2.24) is 30.1 Å². The average Bonchev–Trinajstić information content (AvgIpc) is 3.95. The lowest BCUT2D eigenvalue weighted by atomic mass is 9.66. The summed E-state index contributed by atoms with van der Waals surface area (Å²) in [6, 6.07) is 3.46. The average molecular weight is 637 g/mol. The molecular formula is C34H45ClN6O4. The molecule has 0 radical (unpaired) electrons. The molecule has 0 unspecified atom stereocenters. The number of nitrogens with zero attached hydrogens (tertiary/aromatic N) is 5. The molecule has 1 saturated heterocycles. The third-order valence-electron chi connectivity index (χ3n) is 11.4. The van der Waals surface area contributed by atoms with Crippen molar-refractivity contribution in [3.8, 4) is 5.75 Å². The van der Waals surface area contributed by atoms with Crippen LogP contribution in [0.2, 0.25) is 5.02 Å². The maximum atomic E-state index is 14.7. The molecule has 1 aromatic carbocycles. The molecule has 2 aromatic rings. The predicted octanol–water partition coefficient (Wildman–Crippen LogP) is 4.70. The normalized spacial score (nSPS) is 27.1. The number of hydrogen-bond acceptors (Lipinski definition) is 6. The fourth-order valence-electron chi connectivity index (χ4n) is 8.44. The van der Waals surface area contributed by atoms with E-state index in [1.54, 1.807) is 7.05 Å². The summed E-state index contributed by atoms with van der Waals surface area (Å²) >= 11 is 6.85. The highest BCUT2D eigenvalue weighted by molar-refractivity contribution is 6.31. The number of halogens is 1. The van der Waals surface area contributed by atoms with Crippen LogP contribution >= 0.6 is 11.6 Å². The van der Waals surface area contributed by atoms with Crippen LogP contribution in [0.4, 0.5) is 0 Å². The topological polar surface area (TPSA) is 110 Å². The zero-order valence-corrected chi connectivity index (χ0v) is 27.5. The van der Waals surface area contributed by atoms with Gasteiger partial charge >= 0.3 is 0 Å². The lowest BCUT2D eigenvalue weighted by molar-refractivity contribution is -0.152. The van der Waals surface area contributed by atoms with Crippen molar-refractivity contribution in [2.75, 3.05) is 26.7 Å². The van der Waals surface area contributed by atoms with E-state index in [4.69, 9.17) is 16.3 Å². The van der Waals surface area contributed by atoms with Crippen molar-refractivity contribution in [2.45, 2.75) is 96.1 Å². The molecule has 10 nitrogen and oxygen atoms in total. The molecule has 3 atom stereocenters. The highest BCUT2D eigenvalue weighted by Crippen LogP contribution is 2.53. The van der Waals surface area contributed by atoms with E-state index in [0.717, 1.165) is 67.6 Å². The SMILES string of the molecule is CNC(=O)[C@@]1(C)CCCC[C@H]1C(=O)N1CCc2c(Cl)ccc(OCc3nnn(C)c3C3CC3)c2[C@H]1CCN1CC2(CC2)CC1=O. The molecular weight excluding hydrogens is 592 g/mol. The Bertz CT molecular complexity index is 1520. The second-order valence-electron chi connectivity index (χ2n) is 14.4. The molecule has 242 valence electrons. The monoisotopic (exact) mass is 636 g/mol. The molecule has 3 amide bonds. The van der Waals surface area contributed by atoms with Gasteiger partial charge in [-0.2, -0.15) is 0 Å². The summed E-state index contributed by atoms with van der Waals surface area (Å²) in [4.78, 5) is 44.8. The summed E-state index contributed by atoms with van der Waals surface area (Å²) in [5.74, 6) is 0.893. The fourth-order valence-corrected chi connectivity index (χ4v) is 8.70. The van der Waals surface area contributed by atoms with Gasteiger partial charge in [-0.25, -0.2) is 0 Å². The molecule has 5 aliphatic rings. The minimum atomic E-state index is -0.767. The smallest absolute Gasteiger partial charge is 0.227 e. The first-order valence-corrected chi connectivity index (χ1v) is 17.1. The zero-order valence-electron chi connectivity index (χ0n) is 26.7. The van der Waals surface area contributed by atoms with Gasteiger partial charge in [-0.15, -0.1) is 5.10 Å². The van der Waals surface area contributed by atoms with Crippen LogP contribution in [-0.2, 0) is 34.5 Å². The number of ether oxygens (including phenoxy) is 1. The van der Waals surface area contributed by atoms with E-state index in [1.165, 1.54) is 0 Å². The number of carbonyl (C=O) groups is 3. The minimum Gasteiger partial charge on any atom is -0.487 e. The number of nitrogens with one attached hydrogen (secondary N) is 1. The first kappa shape index (κ1) is 30.5. The van der Waals surface area contributed by atoms with Crippen LogP contribution in [-0.4, -0.2) is 69.2 Å². The summed E-state index contributed by atoms with van der Waals surface area (Å²) in [5, 5.41) is 12.2. The molecule has 1 aromatic heterocycles. The second kappa shape index (κ2) is 11.6. The molecule has 4 fully saturated rings. The summed E-state index contributed by atoms with van der Waals surface area (Å²) in [7, 11) is 3.58. The molecule has 3 heterocycles. The molecule has 11 heteroatoms. The minimum absolute atomic E-state index is 0.0127. The maximum absolute atomic E-state index is 14.7. The first-order chi connectivity index (χ1) is 21.6. The summed E-state index contributed by atoms with van der Waals surface area (Å²) in [6.45, 7) is 4.09. The molecule has 1 spiro atoms. The van der Waals surface area contributed by atoms with Gasteiger partial charge in [0.05, 0.1) is 23.1 Å². The predicted molar refractivity (Wildman–Crippen MR) is 169 cm³/mol. The van der Waals surface area contributed by atoms with Crippen LogP contribution in [0.3, 0.4) is 0 Å². The Morgan fingerprint density at radius 1 is 1.16 bits per heavy atom. The number of aryl methyl sites for hydroxylation is 1. The zero-order chi connectivity index (χ0) is 31.5. The fraction of sp³-hybridized carbons (Fsp3) is 0.676. The number of likely N-dealkylation sites (tertiary alicyclic amines) is 1. The van der Waals surface area contributed by atoms with Crippen molar-refractivity contribution < 1.29 is 19.1 Å². The number of benzene rings is 1.